The smallest absolute Gasteiger partial charge is 0.480 e. The Morgan fingerprint density at radius 1 is 0.591 bits per heavy atom. The first-order valence-corrected chi connectivity index (χ1v) is 5.52. The maximum atomic E-state index is 10.6. The average molecular weight is 366 g/mol. The molecule has 0 atom stereocenters. The van der Waals surface area contributed by atoms with Crippen molar-refractivity contribution in [2.75, 3.05) is 39.3 Å². The number of carbonyl (C=O) groups is 4. The zero-order valence-electron chi connectivity index (χ0n) is 11.9. The van der Waals surface area contributed by atoms with Gasteiger partial charge >= 0.3 is 40.9 Å². The van der Waals surface area contributed by atoms with Gasteiger partial charge in [0.2, 0.25) is 0 Å². The molecule has 0 aliphatic heterocycles. The summed E-state index contributed by atoms with van der Waals surface area (Å²) in [6.07, 6.45) is 0. The van der Waals surface area contributed by atoms with Crippen molar-refractivity contribution >= 4 is 23.9 Å². The topological polar surface area (TPSA) is 192 Å². The molecule has 0 saturated heterocycles. The maximum Gasteiger partial charge on any atom is 3.00 e. The van der Waals surface area contributed by atoms with Gasteiger partial charge in [0, 0.05) is 13.1 Å². The fourth-order valence-corrected chi connectivity index (χ4v) is 1.48. The Hall–Kier alpha value is -1.72. The Bertz CT molecular complexity index is 324. The van der Waals surface area contributed by atoms with Crippen LogP contribution in [0.3, 0.4) is 0 Å². The summed E-state index contributed by atoms with van der Waals surface area (Å²) >= 11 is 0. The summed E-state index contributed by atoms with van der Waals surface area (Å²) in [5.41, 5.74) is 0. The van der Waals surface area contributed by atoms with E-state index >= 15 is 0 Å². The van der Waals surface area contributed by atoms with E-state index in [2.05, 4.69) is 0 Å². The Balaban J connectivity index is -0.00000180. The van der Waals surface area contributed by atoms with Crippen molar-refractivity contribution in [1.29, 1.82) is 0 Å². The molecule has 0 unspecified atom stereocenters. The maximum absolute atomic E-state index is 10.6. The van der Waals surface area contributed by atoms with Gasteiger partial charge in [-0.3, -0.25) is 29.0 Å². The number of hydrogen-bond donors (Lipinski definition) is 5. The second-order valence-electron chi connectivity index (χ2n) is 4.00. The van der Waals surface area contributed by atoms with E-state index in [1.807, 2.05) is 0 Å². The van der Waals surface area contributed by atoms with Crippen LogP contribution >= 0.6 is 0 Å². The Kier molecular flexibility index (Phi) is 14.9. The third-order valence-electron chi connectivity index (χ3n) is 2.17. The summed E-state index contributed by atoms with van der Waals surface area (Å²) in [6.45, 7) is -2.25. The van der Waals surface area contributed by atoms with Crippen LogP contribution in [0.2, 0.25) is 0 Å². The van der Waals surface area contributed by atoms with Crippen LogP contribution in [-0.4, -0.2) is 93.4 Å². The number of hydrogen-bond acceptors (Lipinski definition) is 6. The normalized spacial score (nSPS) is 9.73. The van der Waals surface area contributed by atoms with Crippen LogP contribution in [0.25, 0.3) is 0 Å². The van der Waals surface area contributed by atoms with E-state index in [0.29, 0.717) is 0 Å². The summed E-state index contributed by atoms with van der Waals surface area (Å²) in [4.78, 5) is 44.4. The molecule has 0 heterocycles. The van der Waals surface area contributed by atoms with Crippen LogP contribution in [0.5, 0.6) is 0 Å². The van der Waals surface area contributed by atoms with Crippen LogP contribution < -0.4 is 6.15 Å². The molecule has 0 rings (SSSR count). The predicted molar refractivity (Wildman–Crippen MR) is 69.4 cm³/mol. The first-order valence-electron chi connectivity index (χ1n) is 5.52. The minimum atomic E-state index is -1.23. The van der Waals surface area contributed by atoms with Crippen molar-refractivity contribution in [2.45, 2.75) is 0 Å². The molecule has 127 valence electrons. The summed E-state index contributed by atoms with van der Waals surface area (Å²) < 4.78 is 0. The third kappa shape index (κ3) is 14.7. The van der Waals surface area contributed by atoms with Gasteiger partial charge in [-0.05, 0) is 0 Å². The van der Waals surface area contributed by atoms with Gasteiger partial charge in [0.25, 0.3) is 0 Å². The van der Waals surface area contributed by atoms with Gasteiger partial charge in [-0.1, -0.05) is 0 Å². The van der Waals surface area contributed by atoms with E-state index in [9.17, 15) is 19.2 Å². The molecule has 0 aliphatic rings. The zero-order chi connectivity index (χ0) is 15.7. The molecule has 11 nitrogen and oxygen atoms in total. The molecule has 12 heteroatoms. The fourth-order valence-electron chi connectivity index (χ4n) is 1.48. The molecular weight excluding hydrogens is 346 g/mol. The summed E-state index contributed by atoms with van der Waals surface area (Å²) in [5.74, 6) is -4.91. The molecule has 1 radical (unpaired) electrons. The number of quaternary nitrogens is 1. The van der Waals surface area contributed by atoms with E-state index in [0.717, 1.165) is 9.80 Å². The molecule has 22 heavy (non-hydrogen) atoms. The van der Waals surface area contributed by atoms with Gasteiger partial charge in [-0.2, -0.15) is 0 Å². The Morgan fingerprint density at radius 2 is 0.773 bits per heavy atom. The molecule has 8 N–H and O–H groups in total. The van der Waals surface area contributed by atoms with Gasteiger partial charge in [0.05, 0.1) is 26.2 Å². The number of aliphatic carboxylic acids is 4. The number of carboxylic acids is 4. The molecule has 0 aromatic heterocycles. The van der Waals surface area contributed by atoms with Crippen molar-refractivity contribution < 1.29 is 56.7 Å². The fraction of sp³-hybridized carbons (Fsp3) is 0.600. The predicted octanol–water partition coefficient (Wildman–Crippen LogP) is -1.70. The molecule has 0 aromatic carbocycles. The van der Waals surface area contributed by atoms with Crippen LogP contribution in [0.15, 0.2) is 0 Å². The Morgan fingerprint density at radius 3 is 0.909 bits per heavy atom. The van der Waals surface area contributed by atoms with E-state index in [-0.39, 0.29) is 36.3 Å². The van der Waals surface area contributed by atoms with Crippen LogP contribution in [-0.2, 0) is 36.2 Å². The van der Waals surface area contributed by atoms with Crippen LogP contribution in [0.4, 0.5) is 0 Å². The molecule has 0 spiro atoms. The largest absolute Gasteiger partial charge is 3.00 e. The molecule has 0 amide bonds. The van der Waals surface area contributed by atoms with E-state index in [1.165, 1.54) is 0 Å². The van der Waals surface area contributed by atoms with Gasteiger partial charge in [-0.25, -0.2) is 0 Å². The molecule has 0 fully saturated rings. The SMILES string of the molecule is O=C(O)CN(CCN(CC(=O)O)CC(=O)O)CC(=O)O.[Fe+3].[NH4+]. The number of rotatable bonds is 11. The van der Waals surface area contributed by atoms with Gasteiger partial charge in [0.15, 0.2) is 0 Å². The van der Waals surface area contributed by atoms with E-state index in [4.69, 9.17) is 20.4 Å². The van der Waals surface area contributed by atoms with Gasteiger partial charge < -0.3 is 26.6 Å². The van der Waals surface area contributed by atoms with Crippen molar-refractivity contribution in [1.82, 2.24) is 16.0 Å². The standard InChI is InChI=1S/C10H16N2O8.Fe.H3N/c13-7(14)3-11(4-8(15)16)1-2-12(5-9(17)18)6-10(19)20;;/h1-6H2,(H,13,14)(H,15,16)(H,17,18)(H,19,20);;1H3/q;+3;/p+1. The van der Waals surface area contributed by atoms with Crippen molar-refractivity contribution in [3.05, 3.63) is 0 Å². The summed E-state index contributed by atoms with van der Waals surface area (Å²) in [7, 11) is 0. The van der Waals surface area contributed by atoms with E-state index in [1.54, 1.807) is 0 Å². The minimum absolute atomic E-state index is 0. The number of carboxylic acid groups (broad SMARTS) is 4. The van der Waals surface area contributed by atoms with Gasteiger partial charge in [-0.15, -0.1) is 0 Å². The molecule has 0 saturated carbocycles. The first-order chi connectivity index (χ1) is 9.20. The quantitative estimate of drug-likeness (QED) is 0.263. The Labute approximate surface area is 136 Å². The van der Waals surface area contributed by atoms with Crippen molar-refractivity contribution in [3.63, 3.8) is 0 Å². The first kappa shape index (κ1) is 25.2. The number of nitrogens with zero attached hydrogens (tertiary/aromatic N) is 2. The monoisotopic (exact) mass is 366 g/mol. The second-order valence-corrected chi connectivity index (χ2v) is 4.00. The molecule has 0 bridgehead atoms. The van der Waals surface area contributed by atoms with Crippen LogP contribution in [0, 0.1) is 0 Å². The molecule has 0 aromatic rings. The minimum Gasteiger partial charge on any atom is -0.480 e. The zero-order valence-corrected chi connectivity index (χ0v) is 13.0. The van der Waals surface area contributed by atoms with Crippen molar-refractivity contribution in [2.24, 2.45) is 0 Å². The average Bonchev–Trinajstić information content (AvgIpc) is 2.22. The molecular formula is C10H20FeN3O8+4. The summed E-state index contributed by atoms with van der Waals surface area (Å²) in [6, 6.07) is 0. The van der Waals surface area contributed by atoms with E-state index < -0.39 is 50.1 Å². The molecule has 0 aliphatic carbocycles. The summed E-state index contributed by atoms with van der Waals surface area (Å²) in [5, 5.41) is 34.5. The van der Waals surface area contributed by atoms with Gasteiger partial charge in [0.1, 0.15) is 0 Å². The third-order valence-corrected chi connectivity index (χ3v) is 2.17. The second kappa shape index (κ2) is 13.0. The van der Waals surface area contributed by atoms with Crippen molar-refractivity contribution in [3.8, 4) is 0 Å². The van der Waals surface area contributed by atoms with Crippen LogP contribution in [0.1, 0.15) is 0 Å².